The zero-order valence-corrected chi connectivity index (χ0v) is 13.5. The van der Waals surface area contributed by atoms with Gasteiger partial charge < -0.3 is 9.84 Å². The molecule has 114 valence electrons. The molecule has 0 unspecified atom stereocenters. The van der Waals surface area contributed by atoms with Crippen molar-refractivity contribution in [3.63, 3.8) is 0 Å². The molecule has 6 nitrogen and oxygen atoms in total. The minimum absolute atomic E-state index is 0.201. The van der Waals surface area contributed by atoms with Gasteiger partial charge in [0.15, 0.2) is 0 Å². The number of hydrogen-bond donors (Lipinski definition) is 2. The number of sulfonamides is 1. The minimum Gasteiger partial charge on any atom is -0.477 e. The summed E-state index contributed by atoms with van der Waals surface area (Å²) in [6.45, 7) is 0.262. The third kappa shape index (κ3) is 2.84. The molecule has 0 bridgehead atoms. The molecule has 2 aromatic rings. The Hall–Kier alpha value is -1.00. The van der Waals surface area contributed by atoms with Crippen LogP contribution in [0.15, 0.2) is 16.3 Å². The Kier molecular flexibility index (Phi) is 3.57. The fourth-order valence-corrected chi connectivity index (χ4v) is 5.86. The molecule has 2 heterocycles. The average molecular weight is 347 g/mol. The normalized spacial score (nSPS) is 17.2. The van der Waals surface area contributed by atoms with Gasteiger partial charge in [-0.1, -0.05) is 0 Å². The lowest BCUT2D eigenvalue weighted by Crippen LogP contribution is -2.34. The highest BCUT2D eigenvalue weighted by molar-refractivity contribution is 7.92. The Morgan fingerprint density at radius 1 is 1.43 bits per heavy atom. The van der Waals surface area contributed by atoms with Crippen molar-refractivity contribution >= 4 is 48.1 Å². The summed E-state index contributed by atoms with van der Waals surface area (Å²) in [5.74, 6) is -0.998. The summed E-state index contributed by atoms with van der Waals surface area (Å²) < 4.78 is 33.2. The summed E-state index contributed by atoms with van der Waals surface area (Å²) in [5, 5.41) is 9.56. The topological polar surface area (TPSA) is 92.7 Å². The number of carboxylic acid groups (broad SMARTS) is 1. The zero-order valence-electron chi connectivity index (χ0n) is 11.1. The van der Waals surface area contributed by atoms with E-state index in [9.17, 15) is 13.2 Å². The molecule has 0 spiro atoms. The number of methoxy groups -OCH3 is 1. The van der Waals surface area contributed by atoms with E-state index in [4.69, 9.17) is 9.84 Å². The summed E-state index contributed by atoms with van der Waals surface area (Å²) >= 11 is 2.17. The van der Waals surface area contributed by atoms with Crippen molar-refractivity contribution in [2.45, 2.75) is 22.7 Å². The van der Waals surface area contributed by atoms with Crippen molar-refractivity contribution in [2.75, 3.05) is 13.7 Å². The first kappa shape index (κ1) is 14.9. The van der Waals surface area contributed by atoms with Crippen molar-refractivity contribution in [1.29, 1.82) is 0 Å². The number of thiophene rings is 2. The molecule has 2 aromatic heterocycles. The smallest absolute Gasteiger partial charge is 0.345 e. The van der Waals surface area contributed by atoms with Gasteiger partial charge in [0.05, 0.1) is 9.61 Å². The van der Waals surface area contributed by atoms with Crippen LogP contribution in [-0.4, -0.2) is 38.7 Å². The van der Waals surface area contributed by atoms with Crippen molar-refractivity contribution in [3.8, 4) is 0 Å². The highest BCUT2D eigenvalue weighted by Gasteiger charge is 2.43. The van der Waals surface area contributed by atoms with E-state index in [0.717, 1.165) is 35.5 Å². The molecule has 2 N–H and O–H groups in total. The van der Waals surface area contributed by atoms with Gasteiger partial charge in [0.1, 0.15) is 9.09 Å². The number of fused-ring (bicyclic) bond motifs is 1. The molecule has 0 amide bonds. The molecule has 0 aliphatic heterocycles. The minimum atomic E-state index is -3.58. The first-order chi connectivity index (χ1) is 9.85. The molecule has 3 rings (SSSR count). The molecule has 0 saturated heterocycles. The molecule has 21 heavy (non-hydrogen) atoms. The predicted molar refractivity (Wildman–Crippen MR) is 80.8 cm³/mol. The molecule has 9 heteroatoms. The van der Waals surface area contributed by atoms with Crippen LogP contribution < -0.4 is 4.72 Å². The van der Waals surface area contributed by atoms with Gasteiger partial charge in [-0.25, -0.2) is 17.9 Å². The number of aromatic carboxylic acids is 1. The monoisotopic (exact) mass is 347 g/mol. The van der Waals surface area contributed by atoms with Crippen molar-refractivity contribution < 1.29 is 23.1 Å². The third-order valence-electron chi connectivity index (χ3n) is 3.49. The average Bonchev–Trinajstić information content (AvgIpc) is 2.91. The van der Waals surface area contributed by atoms with Crippen LogP contribution in [0.3, 0.4) is 0 Å². The maximum Gasteiger partial charge on any atom is 0.345 e. The second-order valence-corrected chi connectivity index (χ2v) is 9.29. The number of nitrogens with one attached hydrogen (secondary N) is 1. The lowest BCUT2D eigenvalue weighted by molar-refractivity contribution is 0.0702. The van der Waals surface area contributed by atoms with Crippen LogP contribution >= 0.6 is 22.7 Å². The summed E-state index contributed by atoms with van der Waals surface area (Å²) in [7, 11) is -2.00. The van der Waals surface area contributed by atoms with Crippen molar-refractivity contribution in [1.82, 2.24) is 4.72 Å². The van der Waals surface area contributed by atoms with Crippen LogP contribution in [0, 0.1) is 0 Å². The van der Waals surface area contributed by atoms with Crippen LogP contribution in [0.1, 0.15) is 22.5 Å². The number of carboxylic acids is 1. The van der Waals surface area contributed by atoms with E-state index in [-0.39, 0.29) is 21.2 Å². The first-order valence-corrected chi connectivity index (χ1v) is 9.28. The quantitative estimate of drug-likeness (QED) is 0.835. The Morgan fingerprint density at radius 2 is 2.14 bits per heavy atom. The maximum atomic E-state index is 12.2. The summed E-state index contributed by atoms with van der Waals surface area (Å²) in [6, 6.07) is 3.01. The van der Waals surface area contributed by atoms with Gasteiger partial charge in [0, 0.05) is 19.0 Å². The second kappa shape index (κ2) is 5.03. The van der Waals surface area contributed by atoms with E-state index in [0.29, 0.717) is 9.40 Å². The van der Waals surface area contributed by atoms with E-state index in [1.807, 2.05) is 0 Å². The third-order valence-corrected chi connectivity index (χ3v) is 7.75. The largest absolute Gasteiger partial charge is 0.477 e. The van der Waals surface area contributed by atoms with Crippen LogP contribution in [-0.2, 0) is 14.8 Å². The van der Waals surface area contributed by atoms with Crippen molar-refractivity contribution in [3.05, 3.63) is 17.0 Å². The Balaban J connectivity index is 1.81. The van der Waals surface area contributed by atoms with Gasteiger partial charge in [-0.2, -0.15) is 0 Å². The molecule has 1 aliphatic carbocycles. The predicted octanol–water partition coefficient (Wildman–Crippen LogP) is 2.12. The molecular formula is C12H13NO5S3. The maximum absolute atomic E-state index is 12.2. The fraction of sp³-hybridized carbons (Fsp3) is 0.417. The van der Waals surface area contributed by atoms with E-state index in [1.165, 1.54) is 12.1 Å². The SMILES string of the molecule is COC1(CNS(=O)(=O)c2cc3cc(C(=O)O)sc3s2)CC1. The van der Waals surface area contributed by atoms with E-state index < -0.39 is 16.0 Å². The highest BCUT2D eigenvalue weighted by atomic mass is 32.2. The zero-order chi connectivity index (χ0) is 15.3. The molecule has 1 aliphatic rings. The Bertz CT molecular complexity index is 769. The molecule has 0 atom stereocenters. The van der Waals surface area contributed by atoms with Crippen LogP contribution in [0.5, 0.6) is 0 Å². The number of hydrogen-bond acceptors (Lipinski definition) is 6. The number of ether oxygens (including phenoxy) is 1. The van der Waals surface area contributed by atoms with Crippen molar-refractivity contribution in [2.24, 2.45) is 0 Å². The van der Waals surface area contributed by atoms with Gasteiger partial charge in [-0.3, -0.25) is 0 Å². The molecule has 0 radical (unpaired) electrons. The Labute approximate surface area is 129 Å². The van der Waals surface area contributed by atoms with Gasteiger partial charge in [0.2, 0.25) is 10.0 Å². The number of carbonyl (C=O) groups is 1. The first-order valence-electron chi connectivity index (χ1n) is 6.17. The van der Waals surface area contributed by atoms with Crippen LogP contribution in [0.4, 0.5) is 0 Å². The second-order valence-electron chi connectivity index (χ2n) is 4.94. The van der Waals surface area contributed by atoms with E-state index in [2.05, 4.69) is 4.72 Å². The molecular weight excluding hydrogens is 334 g/mol. The van der Waals surface area contributed by atoms with Crippen LogP contribution in [0.25, 0.3) is 9.40 Å². The van der Waals surface area contributed by atoms with Crippen LogP contribution in [0.2, 0.25) is 0 Å². The molecule has 0 aromatic carbocycles. The van der Waals surface area contributed by atoms with Gasteiger partial charge in [0.25, 0.3) is 0 Å². The fourth-order valence-electron chi connectivity index (χ4n) is 1.94. The Morgan fingerprint density at radius 3 is 2.67 bits per heavy atom. The standard InChI is InChI=1S/C12H13NO5S3/c1-18-12(2-3-12)6-13-21(16,17)9-5-7-4-8(10(14)15)19-11(7)20-9/h4-5,13H,2-3,6H2,1H3,(H,14,15). The van der Waals surface area contributed by atoms with Gasteiger partial charge in [-0.15, -0.1) is 22.7 Å². The molecule has 1 saturated carbocycles. The van der Waals surface area contributed by atoms with E-state index in [1.54, 1.807) is 7.11 Å². The van der Waals surface area contributed by atoms with E-state index >= 15 is 0 Å². The highest BCUT2D eigenvalue weighted by Crippen LogP contribution is 2.39. The van der Waals surface area contributed by atoms with Gasteiger partial charge in [-0.05, 0) is 25.0 Å². The number of rotatable bonds is 6. The lowest BCUT2D eigenvalue weighted by Gasteiger charge is -2.13. The van der Waals surface area contributed by atoms with Gasteiger partial charge >= 0.3 is 5.97 Å². The summed E-state index contributed by atoms with van der Waals surface area (Å²) in [6.07, 6.45) is 1.71. The molecule has 1 fully saturated rings. The summed E-state index contributed by atoms with van der Waals surface area (Å²) in [4.78, 5) is 11.1. The lowest BCUT2D eigenvalue weighted by atomic mass is 10.3. The summed E-state index contributed by atoms with van der Waals surface area (Å²) in [5.41, 5.74) is -0.349.